The molecule has 0 aliphatic heterocycles. The van der Waals surface area contributed by atoms with Gasteiger partial charge in [0, 0.05) is 88.7 Å². The van der Waals surface area contributed by atoms with Crippen LogP contribution >= 0.6 is 0 Å². The Morgan fingerprint density at radius 3 is 0.892 bits per heavy atom. The molecule has 0 N–H and O–H groups in total. The Morgan fingerprint density at radius 2 is 0.508 bits per heavy atom. The van der Waals surface area contributed by atoms with Crippen LogP contribution in [0.1, 0.15) is 0 Å². The number of para-hydroxylation sites is 6. The van der Waals surface area contributed by atoms with Crippen LogP contribution < -0.4 is 0 Å². The summed E-state index contributed by atoms with van der Waals surface area (Å²) in [6, 6.07) is 79.4. The molecule has 65 heavy (non-hydrogen) atoms. The average Bonchev–Trinajstić information content (AvgIpc) is 4.15. The van der Waals surface area contributed by atoms with Gasteiger partial charge in [-0.15, -0.1) is 0 Å². The molecule has 0 aliphatic carbocycles. The maximum absolute atomic E-state index is 6.97. The topological polar surface area (TPSA) is 32.9 Å². The molecule has 0 atom stereocenters. The monoisotopic (exact) mass is 828 g/mol. The van der Waals surface area contributed by atoms with Crippen LogP contribution in [0.25, 0.3) is 132 Å². The molecule has 0 spiro atoms. The molecular formula is C60H36N4O. The number of furan rings is 1. The van der Waals surface area contributed by atoms with E-state index in [-0.39, 0.29) is 0 Å². The standard InChI is InChI=1S/C60H36N4O/c1-3-15-37(16-4-1)61-51-23-11-7-19-41(51)45-31-39(27-29-55(45)61)63-53-25-13-9-21-43(53)47-33-49-50-34-48-44-22-10-14-26-54(44)64(58(48)36-60(50)65-59(49)35-57(47)63)40-28-30-56-46(32-40)42-20-8-12-24-52(42)62(56)38-17-5-2-6-18-38/h1-36H. The number of hydrogen-bond acceptors (Lipinski definition) is 1. The summed E-state index contributed by atoms with van der Waals surface area (Å²) in [4.78, 5) is 0. The van der Waals surface area contributed by atoms with Crippen LogP contribution in [-0.2, 0) is 0 Å². The van der Waals surface area contributed by atoms with E-state index < -0.39 is 0 Å². The molecule has 10 aromatic carbocycles. The summed E-state index contributed by atoms with van der Waals surface area (Å²) in [6.07, 6.45) is 0. The zero-order chi connectivity index (χ0) is 42.3. The van der Waals surface area contributed by atoms with Crippen LogP contribution in [0.2, 0.25) is 0 Å². The quantitative estimate of drug-likeness (QED) is 0.174. The second kappa shape index (κ2) is 12.9. The summed E-state index contributed by atoms with van der Waals surface area (Å²) in [5.41, 5.74) is 15.6. The molecule has 5 nitrogen and oxygen atoms in total. The van der Waals surface area contributed by atoms with Crippen LogP contribution in [0.3, 0.4) is 0 Å². The fraction of sp³-hybridized carbons (Fsp3) is 0. The molecule has 15 rings (SSSR count). The van der Waals surface area contributed by atoms with Crippen LogP contribution in [0.4, 0.5) is 0 Å². The predicted octanol–water partition coefficient (Wildman–Crippen LogP) is 16.0. The van der Waals surface area contributed by atoms with Gasteiger partial charge in [0.15, 0.2) is 0 Å². The van der Waals surface area contributed by atoms with E-state index in [0.29, 0.717) is 0 Å². The first kappa shape index (κ1) is 34.7. The fourth-order valence-electron chi connectivity index (χ4n) is 11.2. The molecule has 0 aliphatic rings. The number of aromatic nitrogens is 4. The van der Waals surface area contributed by atoms with Gasteiger partial charge < -0.3 is 22.7 Å². The van der Waals surface area contributed by atoms with Crippen LogP contribution in [0.15, 0.2) is 223 Å². The Hall–Kier alpha value is -8.80. The molecule has 15 aromatic rings. The maximum atomic E-state index is 6.97. The van der Waals surface area contributed by atoms with Crippen LogP contribution in [-0.4, -0.2) is 18.3 Å². The lowest BCUT2D eigenvalue weighted by molar-refractivity contribution is 0.669. The minimum absolute atomic E-state index is 0.872. The number of benzene rings is 10. The van der Waals surface area contributed by atoms with Crippen molar-refractivity contribution in [3.8, 4) is 22.7 Å². The molecule has 0 amide bonds. The third kappa shape index (κ3) is 4.76. The summed E-state index contributed by atoms with van der Waals surface area (Å²) in [6.45, 7) is 0. The van der Waals surface area contributed by atoms with Crippen molar-refractivity contribution in [1.82, 2.24) is 18.3 Å². The third-order valence-electron chi connectivity index (χ3n) is 13.9. The van der Waals surface area contributed by atoms with Gasteiger partial charge in [-0.3, -0.25) is 0 Å². The summed E-state index contributed by atoms with van der Waals surface area (Å²) in [7, 11) is 0. The molecule has 0 saturated carbocycles. The molecule has 5 heteroatoms. The number of rotatable bonds is 4. The minimum atomic E-state index is 0.872. The van der Waals surface area contributed by atoms with Gasteiger partial charge in [-0.1, -0.05) is 109 Å². The highest BCUT2D eigenvalue weighted by atomic mass is 16.3. The van der Waals surface area contributed by atoms with E-state index in [1.807, 2.05) is 0 Å². The molecule has 0 fully saturated rings. The second-order valence-electron chi connectivity index (χ2n) is 17.3. The van der Waals surface area contributed by atoms with Crippen LogP contribution in [0.5, 0.6) is 0 Å². The molecule has 0 unspecified atom stereocenters. The first-order valence-corrected chi connectivity index (χ1v) is 22.3. The van der Waals surface area contributed by atoms with Crippen molar-refractivity contribution in [3.05, 3.63) is 218 Å². The third-order valence-corrected chi connectivity index (χ3v) is 13.9. The van der Waals surface area contributed by atoms with Gasteiger partial charge in [-0.25, -0.2) is 0 Å². The van der Waals surface area contributed by atoms with E-state index in [4.69, 9.17) is 4.42 Å². The minimum Gasteiger partial charge on any atom is -0.456 e. The van der Waals surface area contributed by atoms with Crippen LogP contribution in [0, 0.1) is 0 Å². The van der Waals surface area contributed by atoms with Gasteiger partial charge >= 0.3 is 0 Å². The summed E-state index contributed by atoms with van der Waals surface area (Å²) >= 11 is 0. The SMILES string of the molecule is c1ccc(-n2c3ccccc3c3cc(-n4c5ccccc5c5cc6c(cc54)oc4cc5c(cc46)c4ccccc4n5-c4ccc5c(c4)c4ccccc4n5-c4ccccc4)ccc32)cc1. The van der Waals surface area contributed by atoms with Crippen molar-refractivity contribution in [2.75, 3.05) is 0 Å². The first-order chi connectivity index (χ1) is 32.2. The normalized spacial score (nSPS) is 12.3. The van der Waals surface area contributed by atoms with Crippen molar-refractivity contribution in [1.29, 1.82) is 0 Å². The molecule has 0 bridgehead atoms. The number of hydrogen-bond donors (Lipinski definition) is 0. The maximum Gasteiger partial charge on any atom is 0.137 e. The highest BCUT2D eigenvalue weighted by Crippen LogP contribution is 2.43. The molecule has 5 aromatic heterocycles. The molecule has 0 saturated heterocycles. The Balaban J connectivity index is 0.949. The van der Waals surface area contributed by atoms with Gasteiger partial charge in [-0.2, -0.15) is 0 Å². The first-order valence-electron chi connectivity index (χ1n) is 22.3. The molecule has 5 heterocycles. The highest BCUT2D eigenvalue weighted by Gasteiger charge is 2.22. The van der Waals surface area contributed by atoms with E-state index in [9.17, 15) is 0 Å². The number of fused-ring (bicyclic) bond motifs is 15. The summed E-state index contributed by atoms with van der Waals surface area (Å²) < 4.78 is 16.5. The van der Waals surface area contributed by atoms with Gasteiger partial charge in [-0.05, 0) is 97.1 Å². The van der Waals surface area contributed by atoms with Gasteiger partial charge in [0.1, 0.15) is 11.2 Å². The molecular weight excluding hydrogens is 793 g/mol. The zero-order valence-electron chi connectivity index (χ0n) is 35.0. The second-order valence-corrected chi connectivity index (χ2v) is 17.3. The Morgan fingerprint density at radius 1 is 0.200 bits per heavy atom. The largest absolute Gasteiger partial charge is 0.456 e. The lowest BCUT2D eigenvalue weighted by Crippen LogP contribution is -1.95. The van der Waals surface area contributed by atoms with Gasteiger partial charge in [0.05, 0.1) is 44.1 Å². The molecule has 0 radical (unpaired) electrons. The summed E-state index contributed by atoms with van der Waals surface area (Å²) in [5.74, 6) is 0. The zero-order valence-corrected chi connectivity index (χ0v) is 35.0. The van der Waals surface area contributed by atoms with Crippen molar-refractivity contribution < 1.29 is 4.42 Å². The van der Waals surface area contributed by atoms with Crippen molar-refractivity contribution >= 4 is 109 Å². The van der Waals surface area contributed by atoms with Gasteiger partial charge in [0.25, 0.3) is 0 Å². The van der Waals surface area contributed by atoms with E-state index in [2.05, 4.69) is 237 Å². The molecule has 302 valence electrons. The van der Waals surface area contributed by atoms with Crippen molar-refractivity contribution in [3.63, 3.8) is 0 Å². The Kier molecular flexibility index (Phi) is 6.89. The highest BCUT2D eigenvalue weighted by molar-refractivity contribution is 6.22. The Bertz CT molecular complexity index is 4180. The van der Waals surface area contributed by atoms with Crippen molar-refractivity contribution in [2.45, 2.75) is 0 Å². The van der Waals surface area contributed by atoms with Gasteiger partial charge in [0.2, 0.25) is 0 Å². The van der Waals surface area contributed by atoms with E-state index in [1.54, 1.807) is 0 Å². The Labute approximate surface area is 371 Å². The average molecular weight is 829 g/mol. The fourth-order valence-corrected chi connectivity index (χ4v) is 11.2. The van der Waals surface area contributed by atoms with E-state index >= 15 is 0 Å². The smallest absolute Gasteiger partial charge is 0.137 e. The lowest BCUT2D eigenvalue weighted by atomic mass is 10.1. The number of nitrogens with zero attached hydrogens (tertiary/aromatic N) is 4. The summed E-state index contributed by atoms with van der Waals surface area (Å²) in [5, 5.41) is 12.0. The van der Waals surface area contributed by atoms with E-state index in [0.717, 1.165) is 55.7 Å². The van der Waals surface area contributed by atoms with E-state index in [1.165, 1.54) is 76.2 Å². The van der Waals surface area contributed by atoms with Crippen molar-refractivity contribution in [2.24, 2.45) is 0 Å². The lowest BCUT2D eigenvalue weighted by Gasteiger charge is -2.10. The predicted molar refractivity (Wildman–Crippen MR) is 271 cm³/mol.